The lowest BCUT2D eigenvalue weighted by Crippen LogP contribution is -2.11. The maximum absolute atomic E-state index is 5.86. The molecular weight excluding hydrogens is 218 g/mol. The SMILES string of the molecule is CCOCCOc1nc(C2CC2)nc(N)c1C. The number of hydrogen-bond acceptors (Lipinski definition) is 5. The smallest absolute Gasteiger partial charge is 0.221 e. The third-order valence-electron chi connectivity index (χ3n) is 2.77. The van der Waals surface area contributed by atoms with Crippen molar-refractivity contribution < 1.29 is 9.47 Å². The summed E-state index contributed by atoms with van der Waals surface area (Å²) in [5, 5.41) is 0. The molecule has 5 nitrogen and oxygen atoms in total. The Balaban J connectivity index is 2.03. The molecule has 1 aliphatic rings. The second-order valence-electron chi connectivity index (χ2n) is 4.22. The van der Waals surface area contributed by atoms with E-state index >= 15 is 0 Å². The van der Waals surface area contributed by atoms with Gasteiger partial charge < -0.3 is 15.2 Å². The van der Waals surface area contributed by atoms with Crippen molar-refractivity contribution in [1.29, 1.82) is 0 Å². The van der Waals surface area contributed by atoms with E-state index in [9.17, 15) is 0 Å². The molecule has 94 valence electrons. The van der Waals surface area contributed by atoms with Gasteiger partial charge in [0.2, 0.25) is 5.88 Å². The number of rotatable bonds is 6. The van der Waals surface area contributed by atoms with E-state index in [1.54, 1.807) is 0 Å². The quantitative estimate of drug-likeness (QED) is 0.762. The second-order valence-corrected chi connectivity index (χ2v) is 4.22. The molecule has 0 aromatic carbocycles. The predicted molar refractivity (Wildman–Crippen MR) is 65.1 cm³/mol. The van der Waals surface area contributed by atoms with Crippen LogP contribution < -0.4 is 10.5 Å². The minimum absolute atomic E-state index is 0.479. The number of nitrogen functional groups attached to an aromatic ring is 1. The zero-order valence-corrected chi connectivity index (χ0v) is 10.4. The normalized spacial score (nSPS) is 14.9. The van der Waals surface area contributed by atoms with Gasteiger partial charge in [-0.3, -0.25) is 0 Å². The standard InChI is InChI=1S/C12H19N3O2/c1-3-16-6-7-17-12-8(2)10(13)14-11(15-12)9-4-5-9/h9H,3-7H2,1-2H3,(H2,13,14,15). The molecule has 1 aromatic heterocycles. The maximum atomic E-state index is 5.86. The van der Waals surface area contributed by atoms with Crippen molar-refractivity contribution in [2.24, 2.45) is 0 Å². The molecule has 1 heterocycles. The molecule has 0 amide bonds. The molecule has 5 heteroatoms. The molecule has 1 fully saturated rings. The third kappa shape index (κ3) is 3.06. The first-order chi connectivity index (χ1) is 8.22. The average molecular weight is 237 g/mol. The predicted octanol–water partition coefficient (Wildman–Crippen LogP) is 1.66. The highest BCUT2D eigenvalue weighted by Gasteiger charge is 2.28. The van der Waals surface area contributed by atoms with Crippen molar-refractivity contribution in [3.63, 3.8) is 0 Å². The van der Waals surface area contributed by atoms with Crippen molar-refractivity contribution in [3.8, 4) is 5.88 Å². The van der Waals surface area contributed by atoms with Crippen molar-refractivity contribution in [2.75, 3.05) is 25.6 Å². The molecular formula is C12H19N3O2. The van der Waals surface area contributed by atoms with E-state index in [4.69, 9.17) is 15.2 Å². The van der Waals surface area contributed by atoms with Crippen LogP contribution in [-0.4, -0.2) is 29.8 Å². The first kappa shape index (κ1) is 12.1. The fraction of sp³-hybridized carbons (Fsp3) is 0.667. The summed E-state index contributed by atoms with van der Waals surface area (Å²) in [6.07, 6.45) is 2.31. The van der Waals surface area contributed by atoms with Gasteiger partial charge in [0, 0.05) is 12.5 Å². The van der Waals surface area contributed by atoms with Gasteiger partial charge in [-0.25, -0.2) is 4.98 Å². The minimum Gasteiger partial charge on any atom is -0.475 e. The van der Waals surface area contributed by atoms with Gasteiger partial charge in [0.25, 0.3) is 0 Å². The summed E-state index contributed by atoms with van der Waals surface area (Å²) in [5.74, 6) is 2.42. The zero-order chi connectivity index (χ0) is 12.3. The van der Waals surface area contributed by atoms with Crippen LogP contribution in [0.3, 0.4) is 0 Å². The molecule has 0 atom stereocenters. The van der Waals surface area contributed by atoms with Crippen molar-refractivity contribution in [1.82, 2.24) is 9.97 Å². The Hall–Kier alpha value is -1.36. The third-order valence-corrected chi connectivity index (χ3v) is 2.77. The first-order valence-electron chi connectivity index (χ1n) is 6.07. The molecule has 2 N–H and O–H groups in total. The lowest BCUT2D eigenvalue weighted by Gasteiger charge is -2.11. The number of ether oxygens (including phenoxy) is 2. The van der Waals surface area contributed by atoms with Crippen LogP contribution in [0.4, 0.5) is 5.82 Å². The fourth-order valence-corrected chi connectivity index (χ4v) is 1.54. The van der Waals surface area contributed by atoms with E-state index in [2.05, 4.69) is 9.97 Å². The molecule has 0 aliphatic heterocycles. The molecule has 0 unspecified atom stereocenters. The summed E-state index contributed by atoms with van der Waals surface area (Å²) < 4.78 is 10.8. The van der Waals surface area contributed by atoms with Gasteiger partial charge in [-0.05, 0) is 26.7 Å². The largest absolute Gasteiger partial charge is 0.475 e. The van der Waals surface area contributed by atoms with E-state index in [-0.39, 0.29) is 0 Å². The highest BCUT2D eigenvalue weighted by atomic mass is 16.5. The number of anilines is 1. The molecule has 1 aromatic rings. The number of hydrogen-bond donors (Lipinski definition) is 1. The summed E-state index contributed by atoms with van der Waals surface area (Å²) in [6, 6.07) is 0. The summed E-state index contributed by atoms with van der Waals surface area (Å²) in [5.41, 5.74) is 6.67. The lowest BCUT2D eigenvalue weighted by atomic mass is 10.3. The van der Waals surface area contributed by atoms with Gasteiger partial charge in [-0.1, -0.05) is 0 Å². The van der Waals surface area contributed by atoms with Gasteiger partial charge in [-0.2, -0.15) is 4.98 Å². The lowest BCUT2D eigenvalue weighted by molar-refractivity contribution is 0.108. The van der Waals surface area contributed by atoms with Crippen LogP contribution >= 0.6 is 0 Å². The van der Waals surface area contributed by atoms with E-state index in [1.807, 2.05) is 13.8 Å². The van der Waals surface area contributed by atoms with Crippen LogP contribution in [0.25, 0.3) is 0 Å². The molecule has 0 spiro atoms. The molecule has 1 aliphatic carbocycles. The monoisotopic (exact) mass is 237 g/mol. The van der Waals surface area contributed by atoms with Gasteiger partial charge >= 0.3 is 0 Å². The Labute approximate surface area is 101 Å². The second kappa shape index (κ2) is 5.31. The highest BCUT2D eigenvalue weighted by molar-refractivity contribution is 5.45. The van der Waals surface area contributed by atoms with E-state index in [0.29, 0.717) is 37.4 Å². The van der Waals surface area contributed by atoms with E-state index in [1.165, 1.54) is 0 Å². The summed E-state index contributed by atoms with van der Waals surface area (Å²) >= 11 is 0. The summed E-state index contributed by atoms with van der Waals surface area (Å²) in [6.45, 7) is 5.59. The van der Waals surface area contributed by atoms with Gasteiger partial charge in [0.05, 0.1) is 12.2 Å². The number of nitrogens with zero attached hydrogens (tertiary/aromatic N) is 2. The highest BCUT2D eigenvalue weighted by Crippen LogP contribution is 2.39. The molecule has 17 heavy (non-hydrogen) atoms. The van der Waals surface area contributed by atoms with Crippen molar-refractivity contribution in [2.45, 2.75) is 32.6 Å². The Morgan fingerprint density at radius 2 is 2.06 bits per heavy atom. The van der Waals surface area contributed by atoms with Crippen LogP contribution in [0.1, 0.15) is 37.1 Å². The molecule has 1 saturated carbocycles. The Bertz CT molecular complexity index is 392. The van der Waals surface area contributed by atoms with Crippen LogP contribution in [0.2, 0.25) is 0 Å². The topological polar surface area (TPSA) is 70.3 Å². The minimum atomic E-state index is 0.479. The van der Waals surface area contributed by atoms with Crippen LogP contribution in [-0.2, 0) is 4.74 Å². The molecule has 2 rings (SSSR count). The summed E-state index contributed by atoms with van der Waals surface area (Å²) in [4.78, 5) is 8.72. The van der Waals surface area contributed by atoms with Gasteiger partial charge in [0.1, 0.15) is 18.2 Å². The van der Waals surface area contributed by atoms with Crippen LogP contribution in [0, 0.1) is 6.92 Å². The first-order valence-corrected chi connectivity index (χ1v) is 6.07. The Morgan fingerprint density at radius 1 is 1.29 bits per heavy atom. The number of aromatic nitrogens is 2. The van der Waals surface area contributed by atoms with Crippen LogP contribution in [0.5, 0.6) is 5.88 Å². The summed E-state index contributed by atoms with van der Waals surface area (Å²) in [7, 11) is 0. The van der Waals surface area contributed by atoms with E-state index < -0.39 is 0 Å². The zero-order valence-electron chi connectivity index (χ0n) is 10.4. The molecule has 0 bridgehead atoms. The van der Waals surface area contributed by atoms with Gasteiger partial charge in [-0.15, -0.1) is 0 Å². The number of nitrogens with two attached hydrogens (primary N) is 1. The Morgan fingerprint density at radius 3 is 2.71 bits per heavy atom. The van der Waals surface area contributed by atoms with Crippen molar-refractivity contribution >= 4 is 5.82 Å². The molecule has 0 radical (unpaired) electrons. The molecule has 0 saturated heterocycles. The fourth-order valence-electron chi connectivity index (χ4n) is 1.54. The maximum Gasteiger partial charge on any atom is 0.221 e. The Kier molecular flexibility index (Phi) is 3.78. The average Bonchev–Trinajstić information content (AvgIpc) is 3.13. The van der Waals surface area contributed by atoms with Crippen molar-refractivity contribution in [3.05, 3.63) is 11.4 Å². The van der Waals surface area contributed by atoms with Crippen LogP contribution in [0.15, 0.2) is 0 Å². The van der Waals surface area contributed by atoms with Gasteiger partial charge in [0.15, 0.2) is 0 Å². The van der Waals surface area contributed by atoms with E-state index in [0.717, 1.165) is 24.2 Å².